The van der Waals surface area contributed by atoms with E-state index in [0.717, 1.165) is 24.4 Å². The molecule has 10 heteroatoms. The van der Waals surface area contributed by atoms with E-state index >= 15 is 0 Å². The molecule has 2 N–H and O–H groups in total. The molecule has 28 heavy (non-hydrogen) atoms. The second kappa shape index (κ2) is 9.29. The van der Waals surface area contributed by atoms with Crippen molar-refractivity contribution in [2.75, 3.05) is 46.4 Å². The number of aromatic nitrogens is 2. The van der Waals surface area contributed by atoms with Crippen LogP contribution in [0.25, 0.3) is 11.4 Å². The van der Waals surface area contributed by atoms with Crippen LogP contribution in [0.3, 0.4) is 0 Å². The Kier molecular flexibility index (Phi) is 6.56. The summed E-state index contributed by atoms with van der Waals surface area (Å²) in [6, 6.07) is 7.44. The minimum absolute atomic E-state index is 0.198. The van der Waals surface area contributed by atoms with Gasteiger partial charge in [-0.2, -0.15) is 4.98 Å². The second-order valence-corrected chi connectivity index (χ2v) is 6.46. The largest absolute Gasteiger partial charge is 0.497 e. The molecule has 0 atom stereocenters. The zero-order valence-corrected chi connectivity index (χ0v) is 15.6. The van der Waals surface area contributed by atoms with Gasteiger partial charge in [0.15, 0.2) is 0 Å². The third-order valence-electron chi connectivity index (χ3n) is 4.44. The van der Waals surface area contributed by atoms with Gasteiger partial charge >= 0.3 is 5.97 Å². The average molecular weight is 389 g/mol. The Morgan fingerprint density at radius 2 is 1.86 bits per heavy atom. The molecule has 2 heterocycles. The van der Waals surface area contributed by atoms with Crippen LogP contribution >= 0.6 is 0 Å². The first-order chi connectivity index (χ1) is 13.5. The highest BCUT2D eigenvalue weighted by Crippen LogP contribution is 2.20. The van der Waals surface area contributed by atoms with Gasteiger partial charge in [0.2, 0.25) is 17.6 Å². The molecular formula is C18H23N5O5. The number of amides is 1. The van der Waals surface area contributed by atoms with Crippen LogP contribution in [-0.2, 0) is 16.1 Å². The number of piperazine rings is 1. The zero-order chi connectivity index (χ0) is 19.9. The highest BCUT2D eigenvalue weighted by molar-refractivity contribution is 5.82. The number of hydrogen-bond donors (Lipinski definition) is 2. The highest BCUT2D eigenvalue weighted by Gasteiger charge is 2.21. The first-order valence-corrected chi connectivity index (χ1v) is 8.93. The lowest BCUT2D eigenvalue weighted by molar-refractivity contribution is -0.138. The van der Waals surface area contributed by atoms with Crippen LogP contribution in [-0.4, -0.2) is 83.3 Å². The fourth-order valence-corrected chi connectivity index (χ4v) is 2.91. The first-order valence-electron chi connectivity index (χ1n) is 8.93. The lowest BCUT2D eigenvalue weighted by atomic mass is 10.2. The van der Waals surface area contributed by atoms with Crippen LogP contribution in [0.15, 0.2) is 28.8 Å². The van der Waals surface area contributed by atoms with Crippen molar-refractivity contribution in [1.82, 2.24) is 25.3 Å². The number of carboxylic acid groups (broad SMARTS) is 1. The molecule has 1 aromatic heterocycles. The van der Waals surface area contributed by atoms with Gasteiger partial charge in [0.1, 0.15) is 12.3 Å². The molecule has 1 saturated heterocycles. The Morgan fingerprint density at radius 3 is 2.50 bits per heavy atom. The number of carbonyl (C=O) groups is 2. The summed E-state index contributed by atoms with van der Waals surface area (Å²) in [4.78, 5) is 30.8. The van der Waals surface area contributed by atoms with E-state index in [0.29, 0.717) is 31.3 Å². The molecule has 1 aliphatic rings. The summed E-state index contributed by atoms with van der Waals surface area (Å²) in [6.45, 7) is 3.32. The van der Waals surface area contributed by atoms with Gasteiger partial charge in [-0.15, -0.1) is 0 Å². The van der Waals surface area contributed by atoms with E-state index in [1.165, 1.54) is 0 Å². The number of methoxy groups -OCH3 is 1. The maximum absolute atomic E-state index is 11.7. The summed E-state index contributed by atoms with van der Waals surface area (Å²) in [6.07, 6.45) is 0. The Labute approximate surface area is 162 Å². The van der Waals surface area contributed by atoms with Crippen molar-refractivity contribution in [1.29, 1.82) is 0 Å². The lowest BCUT2D eigenvalue weighted by Crippen LogP contribution is -2.49. The molecule has 1 amide bonds. The highest BCUT2D eigenvalue weighted by atomic mass is 16.5. The fraction of sp³-hybridized carbons (Fsp3) is 0.444. The van der Waals surface area contributed by atoms with Crippen molar-refractivity contribution in [2.24, 2.45) is 0 Å². The number of carbonyl (C=O) groups excluding carboxylic acids is 1. The molecular weight excluding hydrogens is 366 g/mol. The van der Waals surface area contributed by atoms with Crippen LogP contribution in [0.2, 0.25) is 0 Å². The number of ether oxygens (including phenoxy) is 1. The molecule has 2 aromatic rings. The molecule has 10 nitrogen and oxygen atoms in total. The quantitative estimate of drug-likeness (QED) is 0.646. The molecule has 1 fully saturated rings. The Balaban J connectivity index is 1.45. The molecule has 150 valence electrons. The smallest absolute Gasteiger partial charge is 0.322 e. The maximum Gasteiger partial charge on any atom is 0.322 e. The number of nitrogens with zero attached hydrogens (tertiary/aromatic N) is 4. The van der Waals surface area contributed by atoms with E-state index in [4.69, 9.17) is 14.4 Å². The van der Waals surface area contributed by atoms with Gasteiger partial charge in [0.05, 0.1) is 20.2 Å². The van der Waals surface area contributed by atoms with Gasteiger partial charge in [0, 0.05) is 31.7 Å². The van der Waals surface area contributed by atoms with E-state index in [9.17, 15) is 9.59 Å². The minimum Gasteiger partial charge on any atom is -0.497 e. The maximum atomic E-state index is 11.7. The number of hydrogen-bond acceptors (Lipinski definition) is 8. The van der Waals surface area contributed by atoms with E-state index in [1.54, 1.807) is 7.11 Å². The number of rotatable bonds is 8. The summed E-state index contributed by atoms with van der Waals surface area (Å²) in [5.41, 5.74) is 0.855. The van der Waals surface area contributed by atoms with Crippen molar-refractivity contribution in [3.05, 3.63) is 30.2 Å². The molecule has 0 bridgehead atoms. The van der Waals surface area contributed by atoms with E-state index in [2.05, 4.69) is 20.4 Å². The molecule has 0 saturated carbocycles. The van der Waals surface area contributed by atoms with Gasteiger partial charge in [-0.05, 0) is 24.3 Å². The Hall–Kier alpha value is -2.98. The SMILES string of the molecule is COc1ccc(-c2noc(CN3CCN(CC(=O)NCC(=O)O)CC3)n2)cc1. The second-order valence-electron chi connectivity index (χ2n) is 6.46. The standard InChI is InChI=1S/C18H23N5O5/c1-27-14-4-2-13(3-5-14)18-20-16(28-21-18)12-23-8-6-22(7-9-23)11-15(24)19-10-17(25)26/h2-5H,6-12H2,1H3,(H,19,24)(H,25,26). The molecule has 0 spiro atoms. The average Bonchev–Trinajstić information content (AvgIpc) is 3.16. The summed E-state index contributed by atoms with van der Waals surface area (Å²) in [5, 5.41) is 15.0. The van der Waals surface area contributed by atoms with E-state index in [1.807, 2.05) is 29.2 Å². The zero-order valence-electron chi connectivity index (χ0n) is 15.6. The van der Waals surface area contributed by atoms with Crippen LogP contribution < -0.4 is 10.1 Å². The van der Waals surface area contributed by atoms with Crippen molar-refractivity contribution < 1.29 is 24.0 Å². The molecule has 0 aliphatic carbocycles. The molecule has 0 unspecified atom stereocenters. The Bertz CT molecular complexity index is 799. The molecule has 0 radical (unpaired) electrons. The van der Waals surface area contributed by atoms with Crippen molar-refractivity contribution in [3.8, 4) is 17.1 Å². The van der Waals surface area contributed by atoms with Crippen LogP contribution in [0.1, 0.15) is 5.89 Å². The predicted octanol–water partition coefficient (Wildman–Crippen LogP) is 0.0636. The van der Waals surface area contributed by atoms with Crippen molar-refractivity contribution >= 4 is 11.9 Å². The van der Waals surface area contributed by atoms with Gasteiger partial charge in [-0.3, -0.25) is 19.4 Å². The van der Waals surface area contributed by atoms with Crippen molar-refractivity contribution in [3.63, 3.8) is 0 Å². The fourth-order valence-electron chi connectivity index (χ4n) is 2.91. The van der Waals surface area contributed by atoms with Gasteiger partial charge in [-0.1, -0.05) is 5.16 Å². The van der Waals surface area contributed by atoms with Gasteiger partial charge < -0.3 is 19.7 Å². The normalized spacial score (nSPS) is 15.3. The number of aliphatic carboxylic acids is 1. The van der Waals surface area contributed by atoms with E-state index < -0.39 is 5.97 Å². The third kappa shape index (κ3) is 5.51. The van der Waals surface area contributed by atoms with Gasteiger partial charge in [0.25, 0.3) is 0 Å². The van der Waals surface area contributed by atoms with Crippen LogP contribution in [0.4, 0.5) is 0 Å². The van der Waals surface area contributed by atoms with Crippen molar-refractivity contribution in [2.45, 2.75) is 6.54 Å². The number of carboxylic acids is 1. The van der Waals surface area contributed by atoms with Gasteiger partial charge in [-0.25, -0.2) is 0 Å². The summed E-state index contributed by atoms with van der Waals surface area (Å²) in [7, 11) is 1.61. The number of nitrogens with one attached hydrogen (secondary N) is 1. The minimum atomic E-state index is -1.05. The number of benzene rings is 1. The first kappa shape index (κ1) is 19.8. The van der Waals surface area contributed by atoms with Crippen LogP contribution in [0, 0.1) is 0 Å². The topological polar surface area (TPSA) is 121 Å². The third-order valence-corrected chi connectivity index (χ3v) is 4.44. The Morgan fingerprint density at radius 1 is 1.18 bits per heavy atom. The lowest BCUT2D eigenvalue weighted by Gasteiger charge is -2.33. The summed E-state index contributed by atoms with van der Waals surface area (Å²) < 4.78 is 10.5. The molecule has 3 rings (SSSR count). The summed E-state index contributed by atoms with van der Waals surface area (Å²) in [5.74, 6) is 0.510. The van der Waals surface area contributed by atoms with E-state index in [-0.39, 0.29) is 19.0 Å². The monoisotopic (exact) mass is 389 g/mol. The van der Waals surface area contributed by atoms with Crippen LogP contribution in [0.5, 0.6) is 5.75 Å². The molecule has 1 aromatic carbocycles. The molecule has 1 aliphatic heterocycles. The predicted molar refractivity (Wildman–Crippen MR) is 98.6 cm³/mol. The summed E-state index contributed by atoms with van der Waals surface area (Å²) >= 11 is 0.